The Balaban J connectivity index is 1.52. The summed E-state index contributed by atoms with van der Waals surface area (Å²) in [5.41, 5.74) is 4.58. The molecule has 0 atom stereocenters. The second kappa shape index (κ2) is 6.53. The minimum Gasteiger partial charge on any atom is -0.334 e. The van der Waals surface area contributed by atoms with Gasteiger partial charge in [0.05, 0.1) is 11.1 Å². The van der Waals surface area contributed by atoms with Gasteiger partial charge in [0.15, 0.2) is 0 Å². The molecule has 0 saturated carbocycles. The van der Waals surface area contributed by atoms with Gasteiger partial charge in [-0.15, -0.1) is 0 Å². The molecule has 1 amide bonds. The molecule has 1 aliphatic heterocycles. The van der Waals surface area contributed by atoms with E-state index < -0.39 is 0 Å². The van der Waals surface area contributed by atoms with E-state index in [1.165, 1.54) is 6.07 Å². The second-order valence-electron chi connectivity index (χ2n) is 6.72. The third-order valence-electron chi connectivity index (χ3n) is 5.08. The summed E-state index contributed by atoms with van der Waals surface area (Å²) in [6, 6.07) is 11.9. The number of carbonyl (C=O) groups is 1. The smallest absolute Gasteiger partial charge is 0.256 e. The van der Waals surface area contributed by atoms with E-state index in [1.807, 2.05) is 12.1 Å². The Labute approximate surface area is 160 Å². The minimum absolute atomic E-state index is 0.113. The number of aromatic nitrogens is 4. The molecule has 28 heavy (non-hydrogen) atoms. The van der Waals surface area contributed by atoms with Gasteiger partial charge in [0.2, 0.25) is 0 Å². The van der Waals surface area contributed by atoms with Crippen molar-refractivity contribution in [3.05, 3.63) is 77.5 Å². The van der Waals surface area contributed by atoms with Crippen molar-refractivity contribution in [3.63, 3.8) is 0 Å². The first kappa shape index (κ1) is 16.6. The number of nitrogens with zero attached hydrogens (tertiary/aromatic N) is 4. The molecule has 4 aromatic rings. The van der Waals surface area contributed by atoms with Crippen LogP contribution in [0.15, 0.2) is 54.9 Å². The molecular formula is C21H16FN5O. The topological polar surface area (TPSA) is 74.8 Å². The van der Waals surface area contributed by atoms with E-state index in [4.69, 9.17) is 0 Å². The summed E-state index contributed by atoms with van der Waals surface area (Å²) in [6.45, 7) is 0.923. The highest BCUT2D eigenvalue weighted by Crippen LogP contribution is 2.30. The number of hydrogen-bond donors (Lipinski definition) is 1. The molecule has 2 aromatic carbocycles. The van der Waals surface area contributed by atoms with Gasteiger partial charge in [-0.2, -0.15) is 5.10 Å². The maximum absolute atomic E-state index is 14.3. The van der Waals surface area contributed by atoms with Crippen molar-refractivity contribution in [2.75, 3.05) is 6.54 Å². The fourth-order valence-electron chi connectivity index (χ4n) is 3.68. The Hall–Kier alpha value is -3.61. The molecule has 0 fully saturated rings. The summed E-state index contributed by atoms with van der Waals surface area (Å²) < 4.78 is 14.3. The predicted octanol–water partition coefficient (Wildman–Crippen LogP) is 3.36. The summed E-state index contributed by atoms with van der Waals surface area (Å²) in [6.07, 6.45) is 3.83. The third-order valence-corrected chi connectivity index (χ3v) is 5.08. The van der Waals surface area contributed by atoms with Crippen LogP contribution in [-0.2, 0) is 13.0 Å². The molecule has 0 bridgehead atoms. The Morgan fingerprint density at radius 1 is 1.07 bits per heavy atom. The summed E-state index contributed by atoms with van der Waals surface area (Å²) in [5, 5.41) is 7.32. The van der Waals surface area contributed by atoms with E-state index in [0.29, 0.717) is 47.4 Å². The van der Waals surface area contributed by atoms with E-state index in [2.05, 4.69) is 20.2 Å². The molecule has 3 heterocycles. The molecule has 1 aliphatic rings. The highest BCUT2D eigenvalue weighted by Gasteiger charge is 2.28. The van der Waals surface area contributed by atoms with E-state index in [-0.39, 0.29) is 11.7 Å². The van der Waals surface area contributed by atoms with Gasteiger partial charge in [0.25, 0.3) is 5.91 Å². The third kappa shape index (κ3) is 2.63. The van der Waals surface area contributed by atoms with Gasteiger partial charge in [-0.25, -0.2) is 4.39 Å². The first-order valence-corrected chi connectivity index (χ1v) is 9.02. The van der Waals surface area contributed by atoms with Gasteiger partial charge < -0.3 is 4.90 Å². The molecule has 0 spiro atoms. The van der Waals surface area contributed by atoms with Crippen molar-refractivity contribution in [1.82, 2.24) is 25.1 Å². The molecule has 0 aliphatic carbocycles. The van der Waals surface area contributed by atoms with E-state index in [1.54, 1.807) is 41.6 Å². The zero-order valence-corrected chi connectivity index (χ0v) is 14.9. The van der Waals surface area contributed by atoms with Gasteiger partial charge >= 0.3 is 0 Å². The normalized spacial score (nSPS) is 13.5. The zero-order chi connectivity index (χ0) is 19.1. The maximum Gasteiger partial charge on any atom is 0.256 e. The van der Waals surface area contributed by atoms with Gasteiger partial charge in [0, 0.05) is 48.7 Å². The number of halogens is 1. The SMILES string of the molecule is O=C(c1cccc2nccnc12)N1CCc2[nH]nc(-c3ccccc3F)c2C1. The lowest BCUT2D eigenvalue weighted by Gasteiger charge is -2.27. The van der Waals surface area contributed by atoms with Crippen LogP contribution < -0.4 is 0 Å². The lowest BCUT2D eigenvalue weighted by molar-refractivity contribution is 0.0736. The number of benzene rings is 2. The standard InChI is InChI=1S/C21H16FN5O/c22-16-6-2-1-4-13(16)19-15-12-27(11-8-17(15)25-26-19)21(28)14-5-3-7-18-20(14)24-10-9-23-18/h1-7,9-10H,8,11-12H2,(H,25,26). The van der Waals surface area contributed by atoms with Crippen LogP contribution in [0.3, 0.4) is 0 Å². The summed E-state index contributed by atoms with van der Waals surface area (Å²) in [5.74, 6) is -0.443. The number of carbonyl (C=O) groups excluding carboxylic acids is 1. The molecule has 0 radical (unpaired) electrons. The first-order valence-electron chi connectivity index (χ1n) is 9.02. The van der Waals surface area contributed by atoms with Crippen LogP contribution in [0.25, 0.3) is 22.3 Å². The minimum atomic E-state index is -0.329. The lowest BCUT2D eigenvalue weighted by atomic mass is 10.00. The van der Waals surface area contributed by atoms with Crippen LogP contribution in [0, 0.1) is 5.82 Å². The summed E-state index contributed by atoms with van der Waals surface area (Å²) in [7, 11) is 0. The van der Waals surface area contributed by atoms with Crippen LogP contribution >= 0.6 is 0 Å². The van der Waals surface area contributed by atoms with E-state index >= 15 is 0 Å². The van der Waals surface area contributed by atoms with Crippen LogP contribution in [-0.4, -0.2) is 37.5 Å². The molecular weight excluding hydrogens is 357 g/mol. The number of para-hydroxylation sites is 1. The van der Waals surface area contributed by atoms with Crippen LogP contribution in [0.4, 0.5) is 4.39 Å². The lowest BCUT2D eigenvalue weighted by Crippen LogP contribution is -2.36. The Kier molecular flexibility index (Phi) is 3.86. The number of amides is 1. The number of H-pyrrole nitrogens is 1. The van der Waals surface area contributed by atoms with E-state index in [0.717, 1.165) is 11.3 Å². The van der Waals surface area contributed by atoms with Crippen molar-refractivity contribution >= 4 is 16.9 Å². The van der Waals surface area contributed by atoms with Crippen LogP contribution in [0.1, 0.15) is 21.6 Å². The maximum atomic E-state index is 14.3. The Bertz CT molecular complexity index is 1200. The summed E-state index contributed by atoms with van der Waals surface area (Å²) >= 11 is 0. The second-order valence-corrected chi connectivity index (χ2v) is 6.72. The molecule has 6 nitrogen and oxygen atoms in total. The van der Waals surface area contributed by atoms with Crippen molar-refractivity contribution in [2.24, 2.45) is 0 Å². The predicted molar refractivity (Wildman–Crippen MR) is 102 cm³/mol. The first-order chi connectivity index (χ1) is 13.7. The average molecular weight is 373 g/mol. The monoisotopic (exact) mass is 373 g/mol. The van der Waals surface area contributed by atoms with Gasteiger partial charge in [-0.3, -0.25) is 19.9 Å². The molecule has 1 N–H and O–H groups in total. The molecule has 2 aromatic heterocycles. The van der Waals surface area contributed by atoms with Gasteiger partial charge in [-0.05, 0) is 24.3 Å². The largest absolute Gasteiger partial charge is 0.334 e. The Morgan fingerprint density at radius 2 is 1.93 bits per heavy atom. The number of rotatable bonds is 2. The average Bonchev–Trinajstić information content (AvgIpc) is 3.16. The molecule has 7 heteroatoms. The number of hydrogen-bond acceptors (Lipinski definition) is 4. The summed E-state index contributed by atoms with van der Waals surface area (Å²) in [4.78, 5) is 23.6. The number of aromatic amines is 1. The highest BCUT2D eigenvalue weighted by molar-refractivity contribution is 6.04. The molecule has 0 saturated heterocycles. The molecule has 5 rings (SSSR count). The van der Waals surface area contributed by atoms with Crippen molar-refractivity contribution in [1.29, 1.82) is 0 Å². The van der Waals surface area contributed by atoms with Crippen molar-refractivity contribution < 1.29 is 9.18 Å². The van der Waals surface area contributed by atoms with Gasteiger partial charge in [-0.1, -0.05) is 18.2 Å². The fourth-order valence-corrected chi connectivity index (χ4v) is 3.68. The highest BCUT2D eigenvalue weighted by atomic mass is 19.1. The Morgan fingerprint density at radius 3 is 2.82 bits per heavy atom. The molecule has 0 unspecified atom stereocenters. The van der Waals surface area contributed by atoms with Crippen molar-refractivity contribution in [2.45, 2.75) is 13.0 Å². The molecule has 138 valence electrons. The zero-order valence-electron chi connectivity index (χ0n) is 14.9. The number of nitrogens with one attached hydrogen (secondary N) is 1. The quantitative estimate of drug-likeness (QED) is 0.585. The fraction of sp³-hybridized carbons (Fsp3) is 0.143. The van der Waals surface area contributed by atoms with E-state index in [9.17, 15) is 9.18 Å². The van der Waals surface area contributed by atoms with Crippen molar-refractivity contribution in [3.8, 4) is 11.3 Å². The van der Waals surface area contributed by atoms with Crippen LogP contribution in [0.2, 0.25) is 0 Å². The van der Waals surface area contributed by atoms with Gasteiger partial charge in [0.1, 0.15) is 17.0 Å². The number of fused-ring (bicyclic) bond motifs is 2. The van der Waals surface area contributed by atoms with Crippen LogP contribution in [0.5, 0.6) is 0 Å².